The number of aliphatic hydroxyl groups excluding tert-OH is 1. The number of quaternary nitrogens is 1. The number of unbranched alkanes of at least 4 members (excludes halogenated alkanes) is 1. The summed E-state index contributed by atoms with van der Waals surface area (Å²) in [5.41, 5.74) is 1.08. The van der Waals surface area contributed by atoms with Gasteiger partial charge in [0.25, 0.3) is 0 Å². The molecular formula is C17H28ClFN3O2+. The molecule has 1 heterocycles. The first-order valence-electron chi connectivity index (χ1n) is 8.37. The maximum Gasteiger partial charge on any atom is 0.317 e. The van der Waals surface area contributed by atoms with E-state index in [9.17, 15) is 9.18 Å². The van der Waals surface area contributed by atoms with Crippen molar-refractivity contribution in [3.05, 3.63) is 30.1 Å². The van der Waals surface area contributed by atoms with Crippen molar-refractivity contribution >= 4 is 24.1 Å². The van der Waals surface area contributed by atoms with E-state index in [0.717, 1.165) is 42.6 Å². The molecule has 7 heteroatoms. The predicted molar refractivity (Wildman–Crippen MR) is 97.0 cm³/mol. The van der Waals surface area contributed by atoms with Gasteiger partial charge in [0.15, 0.2) is 0 Å². The van der Waals surface area contributed by atoms with Crippen LogP contribution in [0.2, 0.25) is 0 Å². The SMILES string of the molecule is CCNC(=O)N1CC[N+](CCCCO)(c2ccc(F)cc2)CC1.Cl. The summed E-state index contributed by atoms with van der Waals surface area (Å²) in [5, 5.41) is 11.9. The van der Waals surface area contributed by atoms with Gasteiger partial charge in [-0.3, -0.25) is 4.48 Å². The van der Waals surface area contributed by atoms with Crippen molar-refractivity contribution < 1.29 is 14.3 Å². The Balaban J connectivity index is 0.00000288. The summed E-state index contributed by atoms with van der Waals surface area (Å²) in [5.74, 6) is -0.233. The Labute approximate surface area is 149 Å². The van der Waals surface area contributed by atoms with Crippen molar-refractivity contribution in [2.24, 2.45) is 0 Å². The molecule has 0 saturated carbocycles. The lowest BCUT2D eigenvalue weighted by Crippen LogP contribution is -2.63. The van der Waals surface area contributed by atoms with Crippen LogP contribution < -0.4 is 9.80 Å². The topological polar surface area (TPSA) is 52.6 Å². The van der Waals surface area contributed by atoms with Crippen molar-refractivity contribution in [3.8, 4) is 0 Å². The minimum absolute atomic E-state index is 0. The Hall–Kier alpha value is -1.37. The van der Waals surface area contributed by atoms with Gasteiger partial charge in [-0.05, 0) is 31.9 Å². The van der Waals surface area contributed by atoms with E-state index in [1.807, 2.05) is 24.0 Å². The molecule has 0 atom stereocenters. The van der Waals surface area contributed by atoms with Gasteiger partial charge in [-0.1, -0.05) is 0 Å². The standard InChI is InChI=1S/C17H26FN3O2.ClH/c1-2-19-17(23)20-9-12-21(13-10-20,11-3-4-14-22)16-7-5-15(18)6-8-16;/h5-8,22H,2-4,9-14H2,1H3;1H/p+1. The van der Waals surface area contributed by atoms with Crippen LogP contribution in [0, 0.1) is 5.82 Å². The normalized spacial score (nSPS) is 16.4. The minimum Gasteiger partial charge on any atom is -0.396 e. The zero-order valence-electron chi connectivity index (χ0n) is 14.2. The molecule has 0 unspecified atom stereocenters. The summed E-state index contributed by atoms with van der Waals surface area (Å²) >= 11 is 0. The van der Waals surface area contributed by atoms with Crippen LogP contribution in [0.1, 0.15) is 19.8 Å². The van der Waals surface area contributed by atoms with Crippen molar-refractivity contribution in [2.75, 3.05) is 45.9 Å². The summed E-state index contributed by atoms with van der Waals surface area (Å²) in [6, 6.07) is 6.67. The Morgan fingerprint density at radius 3 is 2.42 bits per heavy atom. The highest BCUT2D eigenvalue weighted by Crippen LogP contribution is 2.27. The molecule has 0 aromatic heterocycles. The lowest BCUT2D eigenvalue weighted by Gasteiger charge is -2.44. The van der Waals surface area contributed by atoms with Crippen molar-refractivity contribution in [1.29, 1.82) is 0 Å². The molecule has 1 aromatic rings. The molecule has 2 N–H and O–H groups in total. The number of benzene rings is 1. The highest BCUT2D eigenvalue weighted by Gasteiger charge is 2.36. The van der Waals surface area contributed by atoms with Crippen molar-refractivity contribution in [1.82, 2.24) is 14.7 Å². The smallest absolute Gasteiger partial charge is 0.317 e. The number of urea groups is 1. The molecular weight excluding hydrogens is 333 g/mol. The largest absolute Gasteiger partial charge is 0.396 e. The van der Waals surface area contributed by atoms with E-state index in [1.54, 1.807) is 0 Å². The molecule has 1 aliphatic rings. The molecule has 1 saturated heterocycles. The van der Waals surface area contributed by atoms with E-state index in [4.69, 9.17) is 5.11 Å². The van der Waals surface area contributed by atoms with Gasteiger partial charge in [-0.25, -0.2) is 9.18 Å². The molecule has 0 spiro atoms. The fourth-order valence-corrected chi connectivity index (χ4v) is 3.21. The number of nitrogens with zero attached hydrogens (tertiary/aromatic N) is 2. The number of hydrogen-bond acceptors (Lipinski definition) is 2. The zero-order valence-corrected chi connectivity index (χ0v) is 15.0. The van der Waals surface area contributed by atoms with Crippen LogP contribution in [-0.4, -0.2) is 61.9 Å². The Kier molecular flexibility index (Phi) is 8.45. The van der Waals surface area contributed by atoms with Crippen LogP contribution in [0.15, 0.2) is 24.3 Å². The zero-order chi connectivity index (χ0) is 16.7. The van der Waals surface area contributed by atoms with Gasteiger partial charge in [0, 0.05) is 25.3 Å². The number of carbonyl (C=O) groups excluding carboxylic acids is 1. The van der Waals surface area contributed by atoms with E-state index in [0.29, 0.717) is 19.6 Å². The minimum atomic E-state index is -0.233. The number of halogens is 2. The molecule has 2 rings (SSSR count). The fourth-order valence-electron chi connectivity index (χ4n) is 3.21. The van der Waals surface area contributed by atoms with Gasteiger partial charge < -0.3 is 15.3 Å². The molecule has 0 bridgehead atoms. The molecule has 2 amide bonds. The van der Waals surface area contributed by atoms with Gasteiger partial charge in [-0.2, -0.15) is 0 Å². The second kappa shape index (κ2) is 9.81. The fraction of sp³-hybridized carbons (Fsp3) is 0.588. The van der Waals surface area contributed by atoms with Crippen LogP contribution in [-0.2, 0) is 0 Å². The number of aliphatic hydroxyl groups is 1. The predicted octanol–water partition coefficient (Wildman–Crippen LogP) is 2.37. The highest BCUT2D eigenvalue weighted by molar-refractivity contribution is 5.85. The highest BCUT2D eigenvalue weighted by atomic mass is 35.5. The van der Waals surface area contributed by atoms with E-state index in [2.05, 4.69) is 5.32 Å². The molecule has 24 heavy (non-hydrogen) atoms. The first-order chi connectivity index (χ1) is 11.1. The van der Waals surface area contributed by atoms with Gasteiger partial charge >= 0.3 is 6.03 Å². The van der Waals surface area contributed by atoms with Crippen LogP contribution in [0.25, 0.3) is 0 Å². The number of piperazine rings is 1. The van der Waals surface area contributed by atoms with E-state index >= 15 is 0 Å². The van der Waals surface area contributed by atoms with Gasteiger partial charge in [0.1, 0.15) is 24.6 Å². The molecule has 1 aliphatic heterocycles. The van der Waals surface area contributed by atoms with Crippen LogP contribution >= 0.6 is 12.4 Å². The number of hydrogen-bond donors (Lipinski definition) is 2. The third-order valence-electron chi connectivity index (χ3n) is 4.58. The van der Waals surface area contributed by atoms with Crippen molar-refractivity contribution in [2.45, 2.75) is 19.8 Å². The molecule has 0 aliphatic carbocycles. The maximum atomic E-state index is 13.2. The monoisotopic (exact) mass is 360 g/mol. The van der Waals surface area contributed by atoms with Crippen LogP contribution in [0.4, 0.5) is 14.9 Å². The Morgan fingerprint density at radius 1 is 1.25 bits per heavy atom. The number of carbonyl (C=O) groups is 1. The number of amides is 2. The summed E-state index contributed by atoms with van der Waals surface area (Å²) < 4.78 is 14.0. The number of nitrogens with one attached hydrogen (secondary N) is 1. The Morgan fingerprint density at radius 2 is 1.88 bits per heavy atom. The lowest BCUT2D eigenvalue weighted by molar-refractivity contribution is 0.138. The average molecular weight is 361 g/mol. The van der Waals surface area contributed by atoms with Gasteiger partial charge in [0.05, 0.1) is 19.6 Å². The molecule has 1 aromatic carbocycles. The first-order valence-corrected chi connectivity index (χ1v) is 8.37. The Bertz CT molecular complexity index is 505. The third kappa shape index (κ3) is 5.06. The lowest BCUT2D eigenvalue weighted by atomic mass is 10.1. The summed E-state index contributed by atoms with van der Waals surface area (Å²) in [4.78, 5) is 13.8. The second-order valence-corrected chi connectivity index (χ2v) is 6.05. The van der Waals surface area contributed by atoms with Crippen molar-refractivity contribution in [3.63, 3.8) is 0 Å². The summed E-state index contributed by atoms with van der Waals surface area (Å²) in [6.07, 6.45) is 1.68. The second-order valence-electron chi connectivity index (χ2n) is 6.05. The molecule has 1 fully saturated rings. The van der Waals surface area contributed by atoms with Gasteiger partial charge in [-0.15, -0.1) is 12.4 Å². The summed E-state index contributed by atoms with van der Waals surface area (Å²) in [7, 11) is 0. The van der Waals surface area contributed by atoms with Crippen LogP contribution in [0.3, 0.4) is 0 Å². The number of rotatable bonds is 6. The molecule has 136 valence electrons. The quantitative estimate of drug-likeness (QED) is 0.604. The first kappa shape index (κ1) is 20.7. The van der Waals surface area contributed by atoms with E-state index < -0.39 is 0 Å². The average Bonchev–Trinajstić information content (AvgIpc) is 2.56. The molecule has 5 nitrogen and oxygen atoms in total. The molecule has 0 radical (unpaired) electrons. The summed E-state index contributed by atoms with van der Waals surface area (Å²) in [6.45, 7) is 6.62. The van der Waals surface area contributed by atoms with Crippen LogP contribution in [0.5, 0.6) is 0 Å². The van der Waals surface area contributed by atoms with E-state index in [1.165, 1.54) is 12.1 Å². The maximum absolute atomic E-state index is 13.2. The third-order valence-corrected chi connectivity index (χ3v) is 4.58. The van der Waals surface area contributed by atoms with Gasteiger partial charge in [0.2, 0.25) is 0 Å². The van der Waals surface area contributed by atoms with E-state index in [-0.39, 0.29) is 30.9 Å².